The Labute approximate surface area is 184 Å². The molecule has 156 valence electrons. The zero-order chi connectivity index (χ0) is 21.8. The minimum absolute atomic E-state index is 0.0895. The van der Waals surface area contributed by atoms with E-state index in [9.17, 15) is 9.59 Å². The third-order valence-electron chi connectivity index (χ3n) is 4.49. The van der Waals surface area contributed by atoms with E-state index in [0.717, 1.165) is 16.6 Å². The van der Waals surface area contributed by atoms with Crippen molar-refractivity contribution in [2.24, 2.45) is 0 Å². The third kappa shape index (κ3) is 4.83. The van der Waals surface area contributed by atoms with Gasteiger partial charge in [0.2, 0.25) is 0 Å². The van der Waals surface area contributed by atoms with Crippen LogP contribution in [0.4, 0.5) is 5.69 Å². The van der Waals surface area contributed by atoms with Crippen molar-refractivity contribution >= 4 is 51.7 Å². The summed E-state index contributed by atoms with van der Waals surface area (Å²) in [4.78, 5) is 29.1. The van der Waals surface area contributed by atoms with Crippen LogP contribution in [-0.4, -0.2) is 30.5 Å². The van der Waals surface area contributed by atoms with E-state index in [1.165, 1.54) is 11.8 Å². The normalized spacial score (nSPS) is 10.7. The summed E-state index contributed by atoms with van der Waals surface area (Å²) in [5.74, 6) is -0.352. The van der Waals surface area contributed by atoms with E-state index in [1.54, 1.807) is 19.2 Å². The number of pyridine rings is 1. The van der Waals surface area contributed by atoms with Crippen molar-refractivity contribution in [1.29, 1.82) is 0 Å². The first kappa shape index (κ1) is 21.9. The standard InChI is InChI=1S/C22H20Cl2N2O4/c1-13-7-8-15-5-4-6-19(22(15)25-13)30-11-16-17(23)9-10-18(21(16)24)26(3)20(28)12-29-14(2)27/h4-10H,11-12H2,1-3H3. The highest BCUT2D eigenvalue weighted by molar-refractivity contribution is 6.38. The number of likely N-dealkylation sites (N-methyl/N-ethyl adjacent to an activating group) is 1. The summed E-state index contributed by atoms with van der Waals surface area (Å²) in [6.45, 7) is 2.86. The Hall–Kier alpha value is -2.83. The van der Waals surface area contributed by atoms with Crippen molar-refractivity contribution in [2.75, 3.05) is 18.6 Å². The Morgan fingerprint density at radius 2 is 1.87 bits per heavy atom. The number of amides is 1. The molecule has 0 aliphatic carbocycles. The van der Waals surface area contributed by atoms with Crippen molar-refractivity contribution in [2.45, 2.75) is 20.5 Å². The van der Waals surface area contributed by atoms with Crippen LogP contribution < -0.4 is 9.64 Å². The molecule has 0 bridgehead atoms. The summed E-state index contributed by atoms with van der Waals surface area (Å²) in [6, 6.07) is 12.9. The predicted molar refractivity (Wildman–Crippen MR) is 117 cm³/mol. The smallest absolute Gasteiger partial charge is 0.303 e. The number of hydrogen-bond acceptors (Lipinski definition) is 5. The van der Waals surface area contributed by atoms with Gasteiger partial charge in [-0.2, -0.15) is 0 Å². The van der Waals surface area contributed by atoms with Crippen LogP contribution in [0.3, 0.4) is 0 Å². The molecule has 3 aromatic rings. The fourth-order valence-corrected chi connectivity index (χ4v) is 3.46. The maximum absolute atomic E-state index is 12.3. The second kappa shape index (κ2) is 9.32. The van der Waals surface area contributed by atoms with Crippen molar-refractivity contribution in [1.82, 2.24) is 4.98 Å². The maximum Gasteiger partial charge on any atom is 0.303 e. The number of carbonyl (C=O) groups is 2. The molecule has 0 unspecified atom stereocenters. The third-order valence-corrected chi connectivity index (χ3v) is 5.27. The topological polar surface area (TPSA) is 68.7 Å². The van der Waals surface area contributed by atoms with Gasteiger partial charge in [0.15, 0.2) is 6.61 Å². The van der Waals surface area contributed by atoms with E-state index in [1.807, 2.05) is 37.3 Å². The van der Waals surface area contributed by atoms with Gasteiger partial charge in [-0.25, -0.2) is 4.98 Å². The Morgan fingerprint density at radius 1 is 1.10 bits per heavy atom. The number of nitrogens with zero attached hydrogens (tertiary/aromatic N) is 2. The van der Waals surface area contributed by atoms with Gasteiger partial charge < -0.3 is 14.4 Å². The number of aromatic nitrogens is 1. The molecular formula is C22H20Cl2N2O4. The van der Waals surface area contributed by atoms with Crippen LogP contribution in [-0.2, 0) is 20.9 Å². The number of hydrogen-bond donors (Lipinski definition) is 0. The number of rotatable bonds is 6. The molecular weight excluding hydrogens is 427 g/mol. The van der Waals surface area contributed by atoms with Gasteiger partial charge >= 0.3 is 5.97 Å². The SMILES string of the molecule is CC(=O)OCC(=O)N(C)c1ccc(Cl)c(COc2cccc3ccc(C)nc23)c1Cl. The summed E-state index contributed by atoms with van der Waals surface area (Å²) in [5, 5.41) is 1.65. The number of para-hydroxylation sites is 1. The summed E-state index contributed by atoms with van der Waals surface area (Å²) in [6.07, 6.45) is 0. The highest BCUT2D eigenvalue weighted by atomic mass is 35.5. The van der Waals surface area contributed by atoms with Crippen LogP contribution in [0, 0.1) is 6.92 Å². The second-order valence-electron chi connectivity index (χ2n) is 6.66. The van der Waals surface area contributed by atoms with Crippen LogP contribution in [0.15, 0.2) is 42.5 Å². The molecule has 1 amide bonds. The maximum atomic E-state index is 12.3. The second-order valence-corrected chi connectivity index (χ2v) is 7.45. The Balaban J connectivity index is 1.85. The molecule has 2 aromatic carbocycles. The molecule has 30 heavy (non-hydrogen) atoms. The van der Waals surface area contributed by atoms with Gasteiger partial charge in [0.1, 0.15) is 17.9 Å². The van der Waals surface area contributed by atoms with Crippen LogP contribution in [0.25, 0.3) is 10.9 Å². The molecule has 1 aromatic heterocycles. The fraction of sp³-hybridized carbons (Fsp3) is 0.227. The van der Waals surface area contributed by atoms with Crippen LogP contribution >= 0.6 is 23.2 Å². The van der Waals surface area contributed by atoms with Gasteiger partial charge in [-0.1, -0.05) is 41.4 Å². The van der Waals surface area contributed by atoms with Gasteiger partial charge in [-0.3, -0.25) is 9.59 Å². The summed E-state index contributed by atoms with van der Waals surface area (Å²) >= 11 is 12.9. The van der Waals surface area contributed by atoms with Gasteiger partial charge in [0, 0.05) is 35.6 Å². The van der Waals surface area contributed by atoms with Gasteiger partial charge in [0.25, 0.3) is 5.91 Å². The van der Waals surface area contributed by atoms with Crippen LogP contribution in [0.2, 0.25) is 10.0 Å². The summed E-state index contributed by atoms with van der Waals surface area (Å²) < 4.78 is 10.8. The number of anilines is 1. The molecule has 0 atom stereocenters. The van der Waals surface area contributed by atoms with E-state index >= 15 is 0 Å². The molecule has 0 spiro atoms. The zero-order valence-electron chi connectivity index (χ0n) is 16.7. The number of esters is 1. The quantitative estimate of drug-likeness (QED) is 0.500. The average Bonchev–Trinajstić information content (AvgIpc) is 2.71. The first-order valence-electron chi connectivity index (χ1n) is 9.14. The molecule has 0 aliphatic heterocycles. The number of halogens is 2. The zero-order valence-corrected chi connectivity index (χ0v) is 18.3. The van der Waals surface area contributed by atoms with Gasteiger partial charge in [-0.15, -0.1) is 0 Å². The molecule has 0 fully saturated rings. The summed E-state index contributed by atoms with van der Waals surface area (Å²) in [5.41, 5.74) is 2.59. The molecule has 0 saturated carbocycles. The van der Waals surface area contributed by atoms with Gasteiger partial charge in [-0.05, 0) is 31.2 Å². The number of carbonyl (C=O) groups excluding carboxylic acids is 2. The monoisotopic (exact) mass is 446 g/mol. The number of ether oxygens (including phenoxy) is 2. The van der Waals surface area contributed by atoms with E-state index in [4.69, 9.17) is 32.7 Å². The van der Waals surface area contributed by atoms with Crippen molar-refractivity contribution in [3.8, 4) is 5.75 Å². The Morgan fingerprint density at radius 3 is 2.60 bits per heavy atom. The molecule has 0 aliphatic rings. The van der Waals surface area contributed by atoms with Crippen LogP contribution in [0.5, 0.6) is 5.75 Å². The Bertz CT molecular complexity index is 1120. The molecule has 0 saturated heterocycles. The highest BCUT2D eigenvalue weighted by Crippen LogP contribution is 2.35. The highest BCUT2D eigenvalue weighted by Gasteiger charge is 2.19. The molecule has 8 heteroatoms. The number of benzene rings is 2. The molecule has 0 radical (unpaired) electrons. The largest absolute Gasteiger partial charge is 0.487 e. The van der Waals surface area contributed by atoms with Crippen molar-refractivity contribution in [3.63, 3.8) is 0 Å². The minimum Gasteiger partial charge on any atom is -0.487 e. The lowest BCUT2D eigenvalue weighted by Crippen LogP contribution is -2.31. The molecule has 0 N–H and O–H groups in total. The van der Waals surface area contributed by atoms with E-state index in [2.05, 4.69) is 4.98 Å². The predicted octanol–water partition coefficient (Wildman–Crippen LogP) is 4.95. The number of fused-ring (bicyclic) bond motifs is 1. The fourth-order valence-electron chi connectivity index (χ4n) is 2.86. The lowest BCUT2D eigenvalue weighted by molar-refractivity contribution is -0.145. The summed E-state index contributed by atoms with van der Waals surface area (Å²) in [7, 11) is 1.54. The van der Waals surface area contributed by atoms with Crippen LogP contribution in [0.1, 0.15) is 18.2 Å². The van der Waals surface area contributed by atoms with Gasteiger partial charge in [0.05, 0.1) is 10.7 Å². The lowest BCUT2D eigenvalue weighted by Gasteiger charge is -2.21. The average molecular weight is 447 g/mol. The molecule has 6 nitrogen and oxygen atoms in total. The van der Waals surface area contributed by atoms with Crippen molar-refractivity contribution < 1.29 is 19.1 Å². The van der Waals surface area contributed by atoms with E-state index in [-0.39, 0.29) is 18.2 Å². The van der Waals surface area contributed by atoms with E-state index < -0.39 is 11.9 Å². The lowest BCUT2D eigenvalue weighted by atomic mass is 10.1. The molecule has 1 heterocycles. The number of aryl methyl sites for hydroxylation is 1. The van der Waals surface area contributed by atoms with Crippen molar-refractivity contribution in [3.05, 3.63) is 63.8 Å². The Kier molecular flexibility index (Phi) is 6.80. The minimum atomic E-state index is -0.535. The first-order chi connectivity index (χ1) is 14.3. The van der Waals surface area contributed by atoms with E-state index in [0.29, 0.717) is 22.0 Å². The first-order valence-corrected chi connectivity index (χ1v) is 9.89. The molecule has 3 rings (SSSR count).